The van der Waals surface area contributed by atoms with Gasteiger partial charge in [0, 0.05) is 48.2 Å². The number of fused-ring (bicyclic) bond motifs is 3. The van der Waals surface area contributed by atoms with Gasteiger partial charge in [-0.25, -0.2) is 29.0 Å². The van der Waals surface area contributed by atoms with Crippen molar-refractivity contribution in [1.29, 1.82) is 0 Å². The van der Waals surface area contributed by atoms with Crippen molar-refractivity contribution >= 4 is 34.6 Å². The molecule has 1 aliphatic rings. The van der Waals surface area contributed by atoms with E-state index in [1.54, 1.807) is 24.6 Å². The molecule has 4 heterocycles. The highest BCUT2D eigenvalue weighted by Crippen LogP contribution is 2.39. The summed E-state index contributed by atoms with van der Waals surface area (Å²) in [6.07, 6.45) is 1.24. The highest BCUT2D eigenvalue weighted by Gasteiger charge is 2.27. The summed E-state index contributed by atoms with van der Waals surface area (Å²) in [5.41, 5.74) is 2.30. The molecule has 0 bridgehead atoms. The monoisotopic (exact) mass is 491 g/mol. The number of anilines is 5. The Balaban J connectivity index is 1.60. The Morgan fingerprint density at radius 1 is 1.03 bits per heavy atom. The zero-order valence-electron chi connectivity index (χ0n) is 23.0. The number of aryl methyl sites for hydroxylation is 3. The van der Waals surface area contributed by atoms with Crippen LogP contribution in [-0.4, -0.2) is 49.6 Å². The van der Waals surface area contributed by atoms with Crippen molar-refractivity contribution in [2.24, 2.45) is 0 Å². The number of aromatic nitrogens is 6. The minimum absolute atomic E-state index is 0.0551. The van der Waals surface area contributed by atoms with Crippen LogP contribution in [0.25, 0.3) is 5.69 Å². The summed E-state index contributed by atoms with van der Waals surface area (Å²) in [5, 5.41) is 12.6. The van der Waals surface area contributed by atoms with Crippen molar-refractivity contribution in [2.45, 2.75) is 27.3 Å². The lowest BCUT2D eigenvalue weighted by molar-refractivity contribution is 0.0963. The first-order valence-corrected chi connectivity index (χ1v) is 11.0. The second-order valence-electron chi connectivity index (χ2n) is 8.43. The second-order valence-corrected chi connectivity index (χ2v) is 8.43. The molecule has 1 aromatic carbocycles. The standard InChI is InChI=1S/C24H25FN10O/c1-12-6-21(29-13(2)28-12)32-20-9-17(16(10-27-20)24(36)26-4)31-18-7-15(25)8-19-23(18)34(5)11-22-30-14(3)33-35(19)22/h6-10H,11H2,1-5H3,(H,26,36)(H2,27,28,29,31,32)/i4D3. The lowest BCUT2D eigenvalue weighted by Gasteiger charge is -2.30. The third kappa shape index (κ3) is 4.28. The van der Waals surface area contributed by atoms with E-state index in [1.807, 2.05) is 24.2 Å². The fourth-order valence-electron chi connectivity index (χ4n) is 4.22. The Morgan fingerprint density at radius 2 is 1.86 bits per heavy atom. The van der Waals surface area contributed by atoms with Crippen LogP contribution in [0, 0.1) is 26.6 Å². The first-order valence-electron chi connectivity index (χ1n) is 12.5. The van der Waals surface area contributed by atoms with E-state index in [9.17, 15) is 9.18 Å². The number of rotatable bonds is 5. The van der Waals surface area contributed by atoms with Gasteiger partial charge in [0.15, 0.2) is 5.82 Å². The maximum Gasteiger partial charge on any atom is 0.254 e. The molecule has 12 heteroatoms. The number of nitrogens with zero attached hydrogens (tertiary/aromatic N) is 7. The van der Waals surface area contributed by atoms with Crippen LogP contribution >= 0.6 is 0 Å². The van der Waals surface area contributed by atoms with Crippen LogP contribution < -0.4 is 20.9 Å². The largest absolute Gasteiger partial charge is 0.364 e. The van der Waals surface area contributed by atoms with E-state index in [2.05, 4.69) is 35.7 Å². The predicted octanol–water partition coefficient (Wildman–Crippen LogP) is 3.31. The van der Waals surface area contributed by atoms with Gasteiger partial charge in [-0.15, -0.1) is 0 Å². The molecule has 1 aliphatic heterocycles. The summed E-state index contributed by atoms with van der Waals surface area (Å²) in [5.74, 6) is 1.14. The van der Waals surface area contributed by atoms with Crippen molar-refractivity contribution in [3.05, 3.63) is 65.0 Å². The molecule has 0 spiro atoms. The van der Waals surface area contributed by atoms with Crippen LogP contribution in [0.2, 0.25) is 0 Å². The lowest BCUT2D eigenvalue weighted by atomic mass is 10.1. The van der Waals surface area contributed by atoms with Crippen LogP contribution in [0.15, 0.2) is 30.5 Å². The van der Waals surface area contributed by atoms with Gasteiger partial charge in [0.2, 0.25) is 0 Å². The molecule has 0 unspecified atom stereocenters. The molecular weight excluding hydrogens is 463 g/mol. The number of pyridine rings is 1. The number of hydrogen-bond donors (Lipinski definition) is 3. The molecule has 0 atom stereocenters. The predicted molar refractivity (Wildman–Crippen MR) is 134 cm³/mol. The van der Waals surface area contributed by atoms with E-state index in [1.165, 1.54) is 24.4 Å². The number of hydrogen-bond acceptors (Lipinski definition) is 9. The van der Waals surface area contributed by atoms with Gasteiger partial charge in [0.05, 0.1) is 34.9 Å². The van der Waals surface area contributed by atoms with Gasteiger partial charge < -0.3 is 20.9 Å². The average molecular weight is 492 g/mol. The van der Waals surface area contributed by atoms with E-state index < -0.39 is 18.7 Å². The molecule has 0 radical (unpaired) electrons. The first kappa shape index (κ1) is 19.7. The molecule has 0 aliphatic carbocycles. The fourth-order valence-corrected chi connectivity index (χ4v) is 4.22. The van der Waals surface area contributed by atoms with Gasteiger partial charge >= 0.3 is 0 Å². The Bertz CT molecular complexity index is 1580. The topological polar surface area (TPSA) is 126 Å². The van der Waals surface area contributed by atoms with E-state index in [4.69, 9.17) is 4.11 Å². The van der Waals surface area contributed by atoms with Crippen molar-refractivity contribution < 1.29 is 13.3 Å². The van der Waals surface area contributed by atoms with Crippen molar-refractivity contribution in [3.8, 4) is 5.69 Å². The summed E-state index contributed by atoms with van der Waals surface area (Å²) >= 11 is 0. The van der Waals surface area contributed by atoms with Crippen LogP contribution in [0.5, 0.6) is 0 Å². The quantitative estimate of drug-likeness (QED) is 0.385. The molecule has 0 saturated carbocycles. The minimum Gasteiger partial charge on any atom is -0.364 e. The number of nitrogens with one attached hydrogen (secondary N) is 3. The van der Waals surface area contributed by atoms with E-state index in [0.717, 1.165) is 5.69 Å². The van der Waals surface area contributed by atoms with Gasteiger partial charge in [-0.05, 0) is 26.8 Å². The van der Waals surface area contributed by atoms with Gasteiger partial charge in [-0.2, -0.15) is 5.10 Å². The molecule has 1 amide bonds. The normalized spacial score (nSPS) is 13.7. The Kier molecular flexibility index (Phi) is 4.85. The van der Waals surface area contributed by atoms with Crippen molar-refractivity contribution in [2.75, 3.05) is 29.6 Å². The smallest absolute Gasteiger partial charge is 0.254 e. The fraction of sp³-hybridized carbons (Fsp3) is 0.250. The van der Waals surface area contributed by atoms with Crippen LogP contribution in [0.3, 0.4) is 0 Å². The zero-order chi connectivity index (χ0) is 28.1. The lowest BCUT2D eigenvalue weighted by Crippen LogP contribution is -2.27. The van der Waals surface area contributed by atoms with Crippen LogP contribution in [0.1, 0.15) is 37.6 Å². The molecular formula is C24H25FN10O. The molecule has 36 heavy (non-hydrogen) atoms. The summed E-state index contributed by atoms with van der Waals surface area (Å²) in [7, 11) is 1.83. The highest BCUT2D eigenvalue weighted by atomic mass is 19.1. The number of amides is 1. The Hall–Kier alpha value is -4.61. The summed E-state index contributed by atoms with van der Waals surface area (Å²) in [6, 6.07) is 5.90. The first-order chi connectivity index (χ1) is 18.4. The second kappa shape index (κ2) is 8.87. The van der Waals surface area contributed by atoms with Gasteiger partial charge in [-0.3, -0.25) is 4.79 Å². The molecule has 0 fully saturated rings. The van der Waals surface area contributed by atoms with Gasteiger partial charge in [0.25, 0.3) is 5.91 Å². The van der Waals surface area contributed by atoms with E-state index in [0.29, 0.717) is 52.7 Å². The third-order valence-electron chi connectivity index (χ3n) is 5.58. The maximum absolute atomic E-state index is 14.9. The number of carbonyl (C=O) groups excluding carboxylic acids is 1. The summed E-state index contributed by atoms with van der Waals surface area (Å²) < 4.78 is 38.8. The molecule has 3 N–H and O–H groups in total. The molecule has 4 aromatic rings. The van der Waals surface area contributed by atoms with Crippen molar-refractivity contribution in [1.82, 2.24) is 35.0 Å². The molecule has 0 saturated heterocycles. The minimum atomic E-state index is -2.72. The Morgan fingerprint density at radius 3 is 2.64 bits per heavy atom. The highest BCUT2D eigenvalue weighted by molar-refractivity contribution is 6.01. The number of halogens is 1. The average Bonchev–Trinajstić information content (AvgIpc) is 3.17. The summed E-state index contributed by atoms with van der Waals surface area (Å²) in [6.45, 7) is 3.03. The third-order valence-corrected chi connectivity index (χ3v) is 5.58. The number of carbonyl (C=O) groups is 1. The molecule has 184 valence electrons. The zero-order valence-corrected chi connectivity index (χ0v) is 20.0. The van der Waals surface area contributed by atoms with Crippen LogP contribution in [-0.2, 0) is 6.54 Å². The SMILES string of the molecule is [2H]C([2H])([2H])NC(=O)c1cnc(Nc2cc(C)nc(C)n2)cc1Nc1cc(F)cc2c1N(C)Cc1nc(C)nn1-2. The van der Waals surface area contributed by atoms with Crippen LogP contribution in [0.4, 0.5) is 33.1 Å². The molecule has 3 aromatic heterocycles. The maximum atomic E-state index is 14.9. The van der Waals surface area contributed by atoms with E-state index >= 15 is 0 Å². The molecule has 5 rings (SSSR count). The van der Waals surface area contributed by atoms with Crippen molar-refractivity contribution in [3.63, 3.8) is 0 Å². The Labute approximate surface area is 211 Å². The van der Waals surface area contributed by atoms with Gasteiger partial charge in [-0.1, -0.05) is 0 Å². The number of benzene rings is 1. The summed E-state index contributed by atoms with van der Waals surface area (Å²) in [4.78, 5) is 32.1. The molecule has 11 nitrogen and oxygen atoms in total. The van der Waals surface area contributed by atoms with Gasteiger partial charge in [0.1, 0.15) is 29.1 Å². The van der Waals surface area contributed by atoms with E-state index in [-0.39, 0.29) is 11.3 Å².